The van der Waals surface area contributed by atoms with E-state index in [0.29, 0.717) is 22.9 Å². The Morgan fingerprint density at radius 1 is 1.19 bits per heavy atom. The van der Waals surface area contributed by atoms with Gasteiger partial charge in [-0.25, -0.2) is 15.0 Å². The summed E-state index contributed by atoms with van der Waals surface area (Å²) in [6.07, 6.45) is 3.05. The Kier molecular flexibility index (Phi) is 6.68. The van der Waals surface area contributed by atoms with E-state index in [1.807, 2.05) is 13.8 Å². The Morgan fingerprint density at radius 3 is 2.48 bits per heavy atom. The summed E-state index contributed by atoms with van der Waals surface area (Å²) in [5.41, 5.74) is 0.924. The molecule has 0 unspecified atom stereocenters. The highest BCUT2D eigenvalue weighted by Crippen LogP contribution is 2.35. The third-order valence-electron chi connectivity index (χ3n) is 4.84. The number of nitrogens with zero attached hydrogens (tertiary/aromatic N) is 3. The van der Waals surface area contributed by atoms with Crippen LogP contribution in [0.5, 0.6) is 5.75 Å². The Labute approximate surface area is 179 Å². The third kappa shape index (κ3) is 5.84. The number of anilines is 3. The standard InChI is InChI=1S/C21H27F2N5O3/c1-11(2)15-8-19(28-20(27-15)21(4,22)23)26-16-9-18(25-12(3)29)24-10-17(16)31-14-6-13(7-14)30-5/h8-11,13-14H,6-7H2,1-5H3,(H2,24,25,26,27,28,29). The third-order valence-corrected chi connectivity index (χ3v) is 4.84. The monoisotopic (exact) mass is 435 g/mol. The van der Waals surface area contributed by atoms with Crippen LogP contribution < -0.4 is 15.4 Å². The molecule has 2 N–H and O–H groups in total. The number of rotatable bonds is 8. The lowest BCUT2D eigenvalue weighted by Gasteiger charge is -2.34. The summed E-state index contributed by atoms with van der Waals surface area (Å²) in [6.45, 7) is 5.85. The number of hydrogen-bond donors (Lipinski definition) is 2. The van der Waals surface area contributed by atoms with Gasteiger partial charge in [-0.15, -0.1) is 0 Å². The summed E-state index contributed by atoms with van der Waals surface area (Å²) in [7, 11) is 1.65. The van der Waals surface area contributed by atoms with E-state index in [4.69, 9.17) is 9.47 Å². The van der Waals surface area contributed by atoms with Gasteiger partial charge in [0.25, 0.3) is 0 Å². The van der Waals surface area contributed by atoms with Crippen molar-refractivity contribution in [3.8, 4) is 5.75 Å². The van der Waals surface area contributed by atoms with Crippen molar-refractivity contribution in [3.05, 3.63) is 29.8 Å². The normalized spacial score (nSPS) is 18.5. The van der Waals surface area contributed by atoms with Crippen molar-refractivity contribution in [1.82, 2.24) is 15.0 Å². The summed E-state index contributed by atoms with van der Waals surface area (Å²) < 4.78 is 39.2. The van der Waals surface area contributed by atoms with Gasteiger partial charge in [0.05, 0.1) is 18.0 Å². The molecule has 0 saturated heterocycles. The quantitative estimate of drug-likeness (QED) is 0.635. The number of nitrogens with one attached hydrogen (secondary N) is 2. The maximum absolute atomic E-state index is 14.0. The molecular formula is C21H27F2N5O3. The zero-order valence-electron chi connectivity index (χ0n) is 18.2. The van der Waals surface area contributed by atoms with Crippen molar-refractivity contribution < 1.29 is 23.0 Å². The smallest absolute Gasteiger partial charge is 0.303 e. The van der Waals surface area contributed by atoms with Crippen LogP contribution in [0.25, 0.3) is 0 Å². The molecule has 0 aromatic carbocycles. The van der Waals surface area contributed by atoms with Crippen LogP contribution in [0.4, 0.5) is 26.1 Å². The van der Waals surface area contributed by atoms with Gasteiger partial charge < -0.3 is 20.1 Å². The molecule has 1 saturated carbocycles. The summed E-state index contributed by atoms with van der Waals surface area (Å²) in [5.74, 6) is -3.21. The van der Waals surface area contributed by atoms with Gasteiger partial charge in [-0.05, 0) is 5.92 Å². The molecule has 0 radical (unpaired) electrons. The molecule has 1 aliphatic carbocycles. The maximum Gasteiger partial charge on any atom is 0.303 e. The van der Waals surface area contributed by atoms with Gasteiger partial charge in [0, 0.05) is 51.6 Å². The second-order valence-corrected chi connectivity index (χ2v) is 7.99. The van der Waals surface area contributed by atoms with Crippen LogP contribution >= 0.6 is 0 Å². The van der Waals surface area contributed by atoms with Crippen LogP contribution in [-0.4, -0.2) is 40.2 Å². The van der Waals surface area contributed by atoms with Crippen molar-refractivity contribution in [1.29, 1.82) is 0 Å². The van der Waals surface area contributed by atoms with E-state index in [2.05, 4.69) is 25.6 Å². The highest BCUT2D eigenvalue weighted by molar-refractivity contribution is 5.88. The van der Waals surface area contributed by atoms with Crippen molar-refractivity contribution in [2.75, 3.05) is 17.7 Å². The molecular weight excluding hydrogens is 408 g/mol. The zero-order chi connectivity index (χ0) is 22.8. The van der Waals surface area contributed by atoms with E-state index in [0.717, 1.165) is 19.8 Å². The second-order valence-electron chi connectivity index (χ2n) is 7.99. The number of carbonyl (C=O) groups excluding carboxylic acids is 1. The largest absolute Gasteiger partial charge is 0.486 e. The topological polar surface area (TPSA) is 98.3 Å². The van der Waals surface area contributed by atoms with E-state index < -0.39 is 11.7 Å². The number of halogens is 2. The Morgan fingerprint density at radius 2 is 1.90 bits per heavy atom. The molecule has 2 heterocycles. The minimum absolute atomic E-state index is 0.0499. The molecule has 0 bridgehead atoms. The SMILES string of the molecule is COC1CC(Oc2cnc(NC(C)=O)cc2Nc2cc(C(C)C)nc(C(C)(F)F)n2)C1. The fourth-order valence-electron chi connectivity index (χ4n) is 3.03. The lowest BCUT2D eigenvalue weighted by Crippen LogP contribution is -2.38. The number of alkyl halides is 2. The highest BCUT2D eigenvalue weighted by atomic mass is 19.3. The van der Waals surface area contributed by atoms with Crippen LogP contribution in [0.1, 0.15) is 58.0 Å². The molecule has 3 rings (SSSR count). The number of amides is 1. The lowest BCUT2D eigenvalue weighted by atomic mass is 9.92. The van der Waals surface area contributed by atoms with Crippen LogP contribution in [0.3, 0.4) is 0 Å². The molecule has 31 heavy (non-hydrogen) atoms. The van der Waals surface area contributed by atoms with Crippen molar-refractivity contribution in [2.45, 2.75) is 64.6 Å². The van der Waals surface area contributed by atoms with Crippen LogP contribution in [0.15, 0.2) is 18.3 Å². The van der Waals surface area contributed by atoms with E-state index in [9.17, 15) is 13.6 Å². The Balaban J connectivity index is 1.94. The molecule has 0 spiro atoms. The molecule has 1 amide bonds. The highest BCUT2D eigenvalue weighted by Gasteiger charge is 2.32. The first-order valence-electron chi connectivity index (χ1n) is 10.1. The van der Waals surface area contributed by atoms with Crippen molar-refractivity contribution in [3.63, 3.8) is 0 Å². The fraction of sp³-hybridized carbons (Fsp3) is 0.524. The van der Waals surface area contributed by atoms with Crippen LogP contribution in [0.2, 0.25) is 0 Å². The molecule has 8 nitrogen and oxygen atoms in total. The molecule has 1 fully saturated rings. The molecule has 0 aliphatic heterocycles. The average molecular weight is 435 g/mol. The number of ether oxygens (including phenoxy) is 2. The van der Waals surface area contributed by atoms with Crippen LogP contribution in [0, 0.1) is 0 Å². The Bertz CT molecular complexity index is 943. The number of aromatic nitrogens is 3. The van der Waals surface area contributed by atoms with Crippen LogP contribution in [-0.2, 0) is 15.5 Å². The molecule has 0 atom stereocenters. The minimum atomic E-state index is -3.19. The van der Waals surface area contributed by atoms with E-state index in [-0.39, 0.29) is 29.9 Å². The van der Waals surface area contributed by atoms with Gasteiger partial charge in [0.1, 0.15) is 17.7 Å². The summed E-state index contributed by atoms with van der Waals surface area (Å²) >= 11 is 0. The predicted octanol–water partition coefficient (Wildman–Crippen LogP) is 4.36. The lowest BCUT2D eigenvalue weighted by molar-refractivity contribution is -0.114. The zero-order valence-corrected chi connectivity index (χ0v) is 18.2. The predicted molar refractivity (Wildman–Crippen MR) is 112 cm³/mol. The molecule has 1 aliphatic rings. The van der Waals surface area contributed by atoms with Gasteiger partial charge in [-0.3, -0.25) is 4.79 Å². The first-order chi connectivity index (χ1) is 14.5. The van der Waals surface area contributed by atoms with E-state index >= 15 is 0 Å². The van der Waals surface area contributed by atoms with Gasteiger partial charge in [-0.1, -0.05) is 13.8 Å². The number of methoxy groups -OCH3 is 1. The van der Waals surface area contributed by atoms with E-state index in [1.165, 1.54) is 13.1 Å². The fourth-order valence-corrected chi connectivity index (χ4v) is 3.03. The van der Waals surface area contributed by atoms with Gasteiger partial charge in [0.15, 0.2) is 5.75 Å². The summed E-state index contributed by atoms with van der Waals surface area (Å²) in [6, 6.07) is 3.19. The summed E-state index contributed by atoms with van der Waals surface area (Å²) in [4.78, 5) is 23.6. The van der Waals surface area contributed by atoms with Gasteiger partial charge >= 0.3 is 5.92 Å². The van der Waals surface area contributed by atoms with E-state index in [1.54, 1.807) is 19.2 Å². The number of carbonyl (C=O) groups is 1. The number of pyridine rings is 1. The second kappa shape index (κ2) is 9.09. The minimum Gasteiger partial charge on any atom is -0.486 e. The summed E-state index contributed by atoms with van der Waals surface area (Å²) in [5, 5.41) is 5.64. The maximum atomic E-state index is 14.0. The molecule has 10 heteroatoms. The average Bonchev–Trinajstić information content (AvgIpc) is 2.64. The molecule has 2 aromatic rings. The van der Waals surface area contributed by atoms with Gasteiger partial charge in [-0.2, -0.15) is 8.78 Å². The number of hydrogen-bond acceptors (Lipinski definition) is 7. The molecule has 2 aromatic heterocycles. The molecule has 168 valence electrons. The first-order valence-corrected chi connectivity index (χ1v) is 10.1. The Hall–Kier alpha value is -2.88. The van der Waals surface area contributed by atoms with Crippen molar-refractivity contribution >= 4 is 23.2 Å². The first kappa shape index (κ1) is 22.8. The van der Waals surface area contributed by atoms with Gasteiger partial charge in [0.2, 0.25) is 11.7 Å². The van der Waals surface area contributed by atoms with Crippen molar-refractivity contribution in [2.24, 2.45) is 0 Å².